The van der Waals surface area contributed by atoms with Gasteiger partial charge in [-0.1, -0.05) is 45.0 Å². The molecule has 0 bridgehead atoms. The number of amides is 1. The minimum absolute atomic E-state index is 0.0930. The zero-order chi connectivity index (χ0) is 20.3. The van der Waals surface area contributed by atoms with Gasteiger partial charge in [-0.2, -0.15) is 5.26 Å². The molecule has 1 N–H and O–H groups in total. The molecular weight excluding hydrogens is 346 g/mol. The molecule has 0 atom stereocenters. The number of nitrogens with zero attached hydrogens (tertiary/aromatic N) is 2. The first-order valence-electron chi connectivity index (χ1n) is 9.67. The Morgan fingerprint density at radius 3 is 2.75 bits per heavy atom. The summed E-state index contributed by atoms with van der Waals surface area (Å²) in [5.41, 5.74) is 6.17. The van der Waals surface area contributed by atoms with Crippen molar-refractivity contribution in [2.24, 2.45) is 0 Å². The molecule has 3 rings (SSSR count). The van der Waals surface area contributed by atoms with E-state index in [0.29, 0.717) is 5.56 Å². The number of rotatable bonds is 4. The predicted molar refractivity (Wildman–Crippen MR) is 114 cm³/mol. The maximum absolute atomic E-state index is 12.5. The molecule has 2 aromatic rings. The lowest BCUT2D eigenvalue weighted by atomic mass is 9.76. The first-order valence-corrected chi connectivity index (χ1v) is 9.67. The van der Waals surface area contributed by atoms with Crippen LogP contribution in [0.4, 0.5) is 5.69 Å². The second-order valence-corrected chi connectivity index (χ2v) is 8.05. The van der Waals surface area contributed by atoms with Crippen LogP contribution in [-0.4, -0.2) is 24.4 Å². The lowest BCUT2D eigenvalue weighted by Crippen LogP contribution is -2.40. The van der Waals surface area contributed by atoms with E-state index < -0.39 is 0 Å². The molecule has 1 heterocycles. The molecule has 2 aromatic carbocycles. The molecule has 1 aliphatic heterocycles. The third-order valence-electron chi connectivity index (χ3n) is 5.36. The molecule has 0 fully saturated rings. The Hall–Kier alpha value is -2.90. The van der Waals surface area contributed by atoms with E-state index in [-0.39, 0.29) is 11.3 Å². The van der Waals surface area contributed by atoms with Gasteiger partial charge in [-0.15, -0.1) is 0 Å². The lowest BCUT2D eigenvalue weighted by molar-refractivity contribution is -0.111. The van der Waals surface area contributed by atoms with Crippen LogP contribution in [0.1, 0.15) is 48.6 Å². The van der Waals surface area contributed by atoms with E-state index in [1.54, 1.807) is 12.1 Å². The number of carbonyl (C=O) groups excluding carboxylic acids is 1. The van der Waals surface area contributed by atoms with Crippen LogP contribution < -0.4 is 5.32 Å². The topological polar surface area (TPSA) is 56.1 Å². The normalized spacial score (nSPS) is 15.8. The van der Waals surface area contributed by atoms with Crippen LogP contribution in [0.2, 0.25) is 0 Å². The van der Waals surface area contributed by atoms with Crippen LogP contribution in [0.15, 0.2) is 42.5 Å². The molecule has 0 aliphatic carbocycles. The quantitative estimate of drug-likeness (QED) is 0.803. The zero-order valence-corrected chi connectivity index (χ0v) is 17.0. The van der Waals surface area contributed by atoms with Gasteiger partial charge in [0.1, 0.15) is 0 Å². The number of likely N-dealkylation sites (N-methyl/N-ethyl adjacent to an activating group) is 1. The number of anilines is 1. The molecule has 1 amide bonds. The average molecular weight is 374 g/mol. The Morgan fingerprint density at radius 2 is 2.04 bits per heavy atom. The van der Waals surface area contributed by atoms with Gasteiger partial charge in [0, 0.05) is 30.3 Å². The van der Waals surface area contributed by atoms with Crippen molar-refractivity contribution >= 4 is 17.7 Å². The molecule has 0 aromatic heterocycles. The number of nitriles is 1. The van der Waals surface area contributed by atoms with E-state index in [1.165, 1.54) is 22.8 Å². The summed E-state index contributed by atoms with van der Waals surface area (Å²) in [4.78, 5) is 14.9. The van der Waals surface area contributed by atoms with Crippen LogP contribution in [0.3, 0.4) is 0 Å². The Bertz CT molecular complexity index is 966. The number of benzene rings is 2. The number of fused-ring (bicyclic) bond motifs is 1. The predicted octanol–water partition coefficient (Wildman–Crippen LogP) is 4.50. The van der Waals surface area contributed by atoms with Crippen LogP contribution in [-0.2, 0) is 23.2 Å². The van der Waals surface area contributed by atoms with Crippen LogP contribution in [0, 0.1) is 11.3 Å². The van der Waals surface area contributed by atoms with E-state index in [0.717, 1.165) is 30.8 Å². The van der Waals surface area contributed by atoms with Crippen molar-refractivity contribution in [1.29, 1.82) is 5.26 Å². The molecule has 0 radical (unpaired) electrons. The first kappa shape index (κ1) is 19.9. The first-order chi connectivity index (χ1) is 13.4. The Balaban J connectivity index is 1.87. The summed E-state index contributed by atoms with van der Waals surface area (Å²) in [7, 11) is 2.14. The molecule has 0 unspecified atom stereocenters. The average Bonchev–Trinajstić information content (AvgIpc) is 2.65. The second kappa shape index (κ2) is 8.00. The van der Waals surface area contributed by atoms with Crippen LogP contribution >= 0.6 is 0 Å². The Labute approximate surface area is 167 Å². The molecule has 0 saturated carbocycles. The van der Waals surface area contributed by atoms with Crippen LogP contribution in [0.25, 0.3) is 6.08 Å². The van der Waals surface area contributed by atoms with E-state index in [1.807, 2.05) is 24.3 Å². The standard InChI is InChI=1S/C24H27N3O/c1-5-19-20-15-27(4)16-24(2,3)21(20)11-12-22(19)26-23(28)13-10-17-8-6-7-9-18(17)14-25/h6-13H,5,15-16H2,1-4H3,(H,26,28). The molecule has 28 heavy (non-hydrogen) atoms. The van der Waals surface area contributed by atoms with Gasteiger partial charge in [0.2, 0.25) is 5.91 Å². The van der Waals surface area contributed by atoms with Gasteiger partial charge >= 0.3 is 0 Å². The summed E-state index contributed by atoms with van der Waals surface area (Å²) in [6, 6.07) is 13.6. The van der Waals surface area contributed by atoms with Crippen molar-refractivity contribution in [1.82, 2.24) is 4.90 Å². The van der Waals surface area contributed by atoms with Crippen LogP contribution in [0.5, 0.6) is 0 Å². The fourth-order valence-corrected chi connectivity index (χ4v) is 4.20. The third kappa shape index (κ3) is 4.00. The van der Waals surface area contributed by atoms with Gasteiger partial charge in [-0.3, -0.25) is 4.79 Å². The van der Waals surface area contributed by atoms with E-state index in [9.17, 15) is 10.1 Å². The number of carbonyl (C=O) groups is 1. The van der Waals surface area contributed by atoms with E-state index >= 15 is 0 Å². The molecule has 4 heteroatoms. The minimum Gasteiger partial charge on any atom is -0.322 e. The smallest absolute Gasteiger partial charge is 0.248 e. The summed E-state index contributed by atoms with van der Waals surface area (Å²) in [6.07, 6.45) is 4.05. The molecular formula is C24H27N3O. The largest absolute Gasteiger partial charge is 0.322 e. The van der Waals surface area contributed by atoms with Crippen molar-refractivity contribution in [2.75, 3.05) is 18.9 Å². The summed E-state index contributed by atoms with van der Waals surface area (Å²) in [5, 5.41) is 12.2. The lowest BCUT2D eigenvalue weighted by Gasteiger charge is -2.39. The van der Waals surface area contributed by atoms with Gasteiger partial charge in [0.15, 0.2) is 0 Å². The maximum Gasteiger partial charge on any atom is 0.248 e. The number of hydrogen-bond acceptors (Lipinski definition) is 3. The van der Waals surface area contributed by atoms with Crippen molar-refractivity contribution in [3.63, 3.8) is 0 Å². The Morgan fingerprint density at radius 1 is 1.29 bits per heavy atom. The summed E-state index contributed by atoms with van der Waals surface area (Å²) >= 11 is 0. The van der Waals surface area contributed by atoms with Gasteiger partial charge in [-0.25, -0.2) is 0 Å². The van der Waals surface area contributed by atoms with Gasteiger partial charge in [-0.05, 0) is 53.9 Å². The Kier molecular flexibility index (Phi) is 5.67. The van der Waals surface area contributed by atoms with E-state index in [2.05, 4.69) is 50.2 Å². The SMILES string of the molecule is CCc1c(NC(=O)C=Cc2ccccc2C#N)ccc2c1CN(C)CC2(C)C. The van der Waals surface area contributed by atoms with Gasteiger partial charge < -0.3 is 10.2 Å². The molecule has 0 saturated heterocycles. The molecule has 144 valence electrons. The minimum atomic E-state index is -0.189. The second-order valence-electron chi connectivity index (χ2n) is 8.05. The van der Waals surface area contributed by atoms with Crippen molar-refractivity contribution in [3.8, 4) is 6.07 Å². The molecule has 1 aliphatic rings. The maximum atomic E-state index is 12.5. The van der Waals surface area contributed by atoms with Gasteiger partial charge in [0.25, 0.3) is 0 Å². The highest BCUT2D eigenvalue weighted by Gasteiger charge is 2.32. The highest BCUT2D eigenvalue weighted by atomic mass is 16.1. The van der Waals surface area contributed by atoms with Crippen molar-refractivity contribution in [3.05, 3.63) is 70.3 Å². The fraction of sp³-hybridized carbons (Fsp3) is 0.333. The number of hydrogen-bond donors (Lipinski definition) is 1. The summed E-state index contributed by atoms with van der Waals surface area (Å²) < 4.78 is 0. The van der Waals surface area contributed by atoms with Gasteiger partial charge in [0.05, 0.1) is 11.6 Å². The van der Waals surface area contributed by atoms with Crippen molar-refractivity contribution < 1.29 is 4.79 Å². The van der Waals surface area contributed by atoms with E-state index in [4.69, 9.17) is 0 Å². The molecule has 0 spiro atoms. The summed E-state index contributed by atoms with van der Waals surface area (Å²) in [6.45, 7) is 8.60. The zero-order valence-electron chi connectivity index (χ0n) is 17.0. The highest BCUT2D eigenvalue weighted by molar-refractivity contribution is 6.02. The number of nitrogens with one attached hydrogen (secondary N) is 1. The third-order valence-corrected chi connectivity index (χ3v) is 5.36. The highest BCUT2D eigenvalue weighted by Crippen LogP contribution is 2.37. The molecule has 4 nitrogen and oxygen atoms in total. The monoisotopic (exact) mass is 373 g/mol. The summed E-state index contributed by atoms with van der Waals surface area (Å²) in [5.74, 6) is -0.189. The fourth-order valence-electron chi connectivity index (χ4n) is 4.20. The van der Waals surface area contributed by atoms with Crippen molar-refractivity contribution in [2.45, 2.75) is 39.2 Å².